The van der Waals surface area contributed by atoms with Gasteiger partial charge in [0, 0.05) is 18.9 Å². The molecule has 1 saturated carbocycles. The largest absolute Gasteiger partial charge is 0.481 e. The zero-order valence-corrected chi connectivity index (χ0v) is 10.9. The van der Waals surface area contributed by atoms with Crippen LogP contribution < -0.4 is 0 Å². The van der Waals surface area contributed by atoms with E-state index in [2.05, 4.69) is 16.5 Å². The minimum atomic E-state index is -0.792. The smallest absolute Gasteiger partial charge is 0.313 e. The lowest BCUT2D eigenvalue weighted by Gasteiger charge is -2.16. The summed E-state index contributed by atoms with van der Waals surface area (Å²) >= 11 is 1.30. The Morgan fingerprint density at radius 2 is 2.41 bits per heavy atom. The van der Waals surface area contributed by atoms with E-state index in [1.54, 1.807) is 6.20 Å². The Labute approximate surface area is 105 Å². The molecule has 1 aromatic rings. The van der Waals surface area contributed by atoms with Crippen molar-refractivity contribution in [2.24, 2.45) is 5.41 Å². The number of hydrogen-bond acceptors (Lipinski definition) is 3. The highest BCUT2D eigenvalue weighted by Crippen LogP contribution is 2.51. The van der Waals surface area contributed by atoms with Gasteiger partial charge < -0.3 is 9.67 Å². The van der Waals surface area contributed by atoms with E-state index in [4.69, 9.17) is 5.11 Å². The number of nitrogens with zero attached hydrogens (tertiary/aromatic N) is 2. The summed E-state index contributed by atoms with van der Waals surface area (Å²) in [5.74, 6) is -0.711. The van der Waals surface area contributed by atoms with Crippen LogP contribution in [0.2, 0.25) is 0 Å². The molecule has 2 rings (SSSR count). The van der Waals surface area contributed by atoms with Crippen LogP contribution in [0.3, 0.4) is 0 Å². The third kappa shape index (κ3) is 3.25. The van der Waals surface area contributed by atoms with Crippen LogP contribution in [0.5, 0.6) is 0 Å². The van der Waals surface area contributed by atoms with E-state index in [0.717, 1.165) is 11.7 Å². The van der Waals surface area contributed by atoms with Crippen molar-refractivity contribution in [3.8, 4) is 0 Å². The van der Waals surface area contributed by atoms with Gasteiger partial charge in [-0.1, -0.05) is 25.1 Å². The van der Waals surface area contributed by atoms with Gasteiger partial charge in [0.15, 0.2) is 5.16 Å². The average Bonchev–Trinajstić information content (AvgIpc) is 2.88. The number of carbonyl (C=O) groups is 1. The highest BCUT2D eigenvalue weighted by atomic mass is 32.2. The molecule has 0 spiro atoms. The molecule has 0 saturated heterocycles. The fraction of sp³-hybridized carbons (Fsp3) is 0.667. The van der Waals surface area contributed by atoms with Crippen molar-refractivity contribution in [1.29, 1.82) is 0 Å². The van der Waals surface area contributed by atoms with Crippen molar-refractivity contribution in [1.82, 2.24) is 9.55 Å². The van der Waals surface area contributed by atoms with Crippen molar-refractivity contribution in [2.45, 2.75) is 44.3 Å². The minimum Gasteiger partial charge on any atom is -0.481 e. The van der Waals surface area contributed by atoms with Crippen LogP contribution in [0, 0.1) is 5.41 Å². The predicted octanol–water partition coefficient (Wildman–Crippen LogP) is 2.64. The van der Waals surface area contributed by atoms with Gasteiger partial charge in [-0.25, -0.2) is 4.98 Å². The molecule has 5 heteroatoms. The molecule has 1 aromatic heterocycles. The predicted molar refractivity (Wildman–Crippen MR) is 67.2 cm³/mol. The van der Waals surface area contributed by atoms with Crippen molar-refractivity contribution in [3.05, 3.63) is 12.4 Å². The molecule has 17 heavy (non-hydrogen) atoms. The Hall–Kier alpha value is -0.970. The van der Waals surface area contributed by atoms with Crippen LogP contribution in [0.1, 0.15) is 32.6 Å². The topological polar surface area (TPSA) is 55.1 Å². The van der Waals surface area contributed by atoms with Crippen LogP contribution in [-0.2, 0) is 11.3 Å². The molecule has 0 atom stereocenters. The second kappa shape index (κ2) is 5.12. The molecule has 1 fully saturated rings. The Morgan fingerprint density at radius 1 is 1.65 bits per heavy atom. The van der Waals surface area contributed by atoms with Gasteiger partial charge in [-0.05, 0) is 24.7 Å². The molecule has 94 valence electrons. The van der Waals surface area contributed by atoms with Gasteiger partial charge in [0.2, 0.25) is 0 Å². The first kappa shape index (κ1) is 12.5. The summed E-state index contributed by atoms with van der Waals surface area (Å²) < 4.78 is 2.11. The minimum absolute atomic E-state index is 0.0811. The summed E-state index contributed by atoms with van der Waals surface area (Å²) in [6.45, 7) is 3.21. The normalized spacial score (nSPS) is 17.0. The molecular formula is C12H18N2O2S. The Morgan fingerprint density at radius 3 is 3.00 bits per heavy atom. The van der Waals surface area contributed by atoms with Gasteiger partial charge in [0.05, 0.1) is 5.75 Å². The lowest BCUT2D eigenvalue weighted by molar-refractivity contribution is -0.133. The zero-order chi connectivity index (χ0) is 12.3. The summed E-state index contributed by atoms with van der Waals surface area (Å²) in [5, 5.41) is 9.50. The van der Waals surface area contributed by atoms with Crippen LogP contribution in [-0.4, -0.2) is 26.4 Å². The van der Waals surface area contributed by atoms with Crippen molar-refractivity contribution < 1.29 is 9.90 Å². The first-order valence-corrected chi connectivity index (χ1v) is 6.99. The molecule has 1 N–H and O–H groups in total. The summed E-state index contributed by atoms with van der Waals surface area (Å²) in [6.07, 6.45) is 8.77. The highest BCUT2D eigenvalue weighted by Gasteiger charge is 2.41. The number of carboxylic acids is 1. The number of aromatic nitrogens is 2. The lowest BCUT2D eigenvalue weighted by Crippen LogP contribution is -2.12. The Balaban J connectivity index is 1.96. The quantitative estimate of drug-likeness (QED) is 0.760. The summed E-state index contributed by atoms with van der Waals surface area (Å²) in [7, 11) is 0. The van der Waals surface area contributed by atoms with Crippen molar-refractivity contribution in [2.75, 3.05) is 5.75 Å². The van der Waals surface area contributed by atoms with E-state index >= 15 is 0 Å². The molecule has 0 aliphatic heterocycles. The second-order valence-corrected chi connectivity index (χ2v) is 5.71. The lowest BCUT2D eigenvalue weighted by atomic mass is 10.0. The van der Waals surface area contributed by atoms with Crippen LogP contribution in [0.4, 0.5) is 0 Å². The maximum atomic E-state index is 10.5. The summed E-state index contributed by atoms with van der Waals surface area (Å²) in [6, 6.07) is 0. The van der Waals surface area contributed by atoms with E-state index in [0.29, 0.717) is 5.41 Å². The molecule has 4 nitrogen and oxygen atoms in total. The number of carboxylic acid groups (broad SMARTS) is 1. The van der Waals surface area contributed by atoms with Gasteiger partial charge in [-0.3, -0.25) is 4.79 Å². The molecule has 0 bridgehead atoms. The monoisotopic (exact) mass is 254 g/mol. The van der Waals surface area contributed by atoms with Gasteiger partial charge in [-0.2, -0.15) is 0 Å². The molecule has 1 aliphatic rings. The van der Waals surface area contributed by atoms with Gasteiger partial charge in [0.1, 0.15) is 0 Å². The molecule has 1 aliphatic carbocycles. The highest BCUT2D eigenvalue weighted by molar-refractivity contribution is 7.99. The second-order valence-electron chi connectivity index (χ2n) is 4.77. The third-order valence-electron chi connectivity index (χ3n) is 3.25. The van der Waals surface area contributed by atoms with Crippen LogP contribution >= 0.6 is 11.8 Å². The SMILES string of the molecule is CCCC1(Cn2ccnc2SCC(=O)O)CC1. The fourth-order valence-corrected chi connectivity index (χ4v) is 2.92. The summed E-state index contributed by atoms with van der Waals surface area (Å²) in [5.41, 5.74) is 0.466. The maximum absolute atomic E-state index is 10.5. The first-order valence-electron chi connectivity index (χ1n) is 6.01. The maximum Gasteiger partial charge on any atom is 0.313 e. The molecule has 0 unspecified atom stereocenters. The van der Waals surface area contributed by atoms with Crippen LogP contribution in [0.25, 0.3) is 0 Å². The van der Waals surface area contributed by atoms with Gasteiger partial charge in [-0.15, -0.1) is 0 Å². The summed E-state index contributed by atoms with van der Waals surface area (Å²) in [4.78, 5) is 14.8. The standard InChI is InChI=1S/C12H18N2O2S/c1-2-3-12(4-5-12)9-14-7-6-13-11(14)17-8-10(15)16/h6-7H,2-5,8-9H2,1H3,(H,15,16). The van der Waals surface area contributed by atoms with Crippen LogP contribution in [0.15, 0.2) is 17.6 Å². The van der Waals surface area contributed by atoms with E-state index < -0.39 is 5.97 Å². The first-order chi connectivity index (χ1) is 8.15. The van der Waals surface area contributed by atoms with E-state index in [1.807, 2.05) is 6.20 Å². The molecule has 0 radical (unpaired) electrons. The fourth-order valence-electron chi connectivity index (χ4n) is 2.24. The van der Waals surface area contributed by atoms with Gasteiger partial charge >= 0.3 is 5.97 Å². The third-order valence-corrected chi connectivity index (χ3v) is 4.23. The molecule has 1 heterocycles. The number of thioether (sulfide) groups is 1. The molecule has 0 aromatic carbocycles. The number of hydrogen-bond donors (Lipinski definition) is 1. The molecule has 0 amide bonds. The van der Waals surface area contributed by atoms with Gasteiger partial charge in [0.25, 0.3) is 0 Å². The average molecular weight is 254 g/mol. The van der Waals surface area contributed by atoms with Crippen molar-refractivity contribution in [3.63, 3.8) is 0 Å². The Bertz CT molecular complexity index is 399. The van der Waals surface area contributed by atoms with E-state index in [1.165, 1.54) is 37.4 Å². The van der Waals surface area contributed by atoms with E-state index in [9.17, 15) is 4.79 Å². The van der Waals surface area contributed by atoms with E-state index in [-0.39, 0.29) is 5.75 Å². The Kier molecular flexibility index (Phi) is 3.76. The number of aliphatic carboxylic acids is 1. The zero-order valence-electron chi connectivity index (χ0n) is 10.1. The number of rotatable bonds is 7. The number of imidazole rings is 1. The molecular weight excluding hydrogens is 236 g/mol. The van der Waals surface area contributed by atoms with Crippen molar-refractivity contribution >= 4 is 17.7 Å².